The van der Waals surface area contributed by atoms with E-state index in [0.29, 0.717) is 0 Å². The maximum atomic E-state index is 13.2. The van der Waals surface area contributed by atoms with E-state index in [1.807, 2.05) is 5.32 Å². The molecule has 1 aromatic rings. The van der Waals surface area contributed by atoms with Crippen molar-refractivity contribution in [1.29, 1.82) is 0 Å². The molecule has 0 radical (unpaired) electrons. The molecule has 19 heavy (non-hydrogen) atoms. The molecule has 0 unspecified atom stereocenters. The van der Waals surface area contributed by atoms with Gasteiger partial charge in [0, 0.05) is 6.08 Å². The fraction of sp³-hybridized carbons (Fsp3) is 0.167. The monoisotopic (exact) mass is 270 g/mol. The molecule has 0 aliphatic heterocycles. The minimum Gasteiger partial charge on any atom is -0.461 e. The van der Waals surface area contributed by atoms with Crippen molar-refractivity contribution in [1.82, 2.24) is 5.32 Å². The van der Waals surface area contributed by atoms with Gasteiger partial charge in [-0.3, -0.25) is 0 Å². The first-order valence-corrected chi connectivity index (χ1v) is 5.32. The minimum atomic E-state index is -0.881. The first-order chi connectivity index (χ1) is 9.04. The molecule has 1 rings (SSSR count). The zero-order valence-electron chi connectivity index (χ0n) is 9.91. The minimum absolute atomic E-state index is 0.00147. The van der Waals surface area contributed by atoms with Gasteiger partial charge in [0.25, 0.3) is 0 Å². The molecule has 7 heteroatoms. The molecule has 5 nitrogen and oxygen atoms in total. The number of urea groups is 1. The van der Waals surface area contributed by atoms with Crippen LogP contribution in [0.3, 0.4) is 0 Å². The van der Waals surface area contributed by atoms with Gasteiger partial charge in [0.05, 0.1) is 6.54 Å². The van der Waals surface area contributed by atoms with Crippen molar-refractivity contribution in [2.75, 3.05) is 18.5 Å². The van der Waals surface area contributed by atoms with Gasteiger partial charge in [0.2, 0.25) is 0 Å². The first-order valence-electron chi connectivity index (χ1n) is 5.32. The van der Waals surface area contributed by atoms with Crippen molar-refractivity contribution in [2.45, 2.75) is 0 Å². The van der Waals surface area contributed by atoms with E-state index in [0.717, 1.165) is 18.2 Å². The molecule has 1 aromatic carbocycles. The highest BCUT2D eigenvalue weighted by molar-refractivity contribution is 5.89. The van der Waals surface area contributed by atoms with Crippen LogP contribution in [0.15, 0.2) is 30.9 Å². The number of hydrogen-bond acceptors (Lipinski definition) is 3. The molecule has 0 bridgehead atoms. The molecule has 0 saturated heterocycles. The van der Waals surface area contributed by atoms with E-state index in [1.54, 1.807) is 0 Å². The lowest BCUT2D eigenvalue weighted by Gasteiger charge is -2.09. The van der Waals surface area contributed by atoms with Crippen molar-refractivity contribution in [3.8, 4) is 0 Å². The van der Waals surface area contributed by atoms with Crippen LogP contribution in [-0.2, 0) is 9.53 Å². The molecule has 0 saturated carbocycles. The summed E-state index contributed by atoms with van der Waals surface area (Å²) >= 11 is 0. The van der Waals surface area contributed by atoms with Crippen molar-refractivity contribution >= 4 is 17.7 Å². The van der Waals surface area contributed by atoms with Gasteiger partial charge in [-0.1, -0.05) is 12.6 Å². The fourth-order valence-corrected chi connectivity index (χ4v) is 1.15. The number of nitrogens with one attached hydrogen (secondary N) is 2. The van der Waals surface area contributed by atoms with Gasteiger partial charge in [-0.05, 0) is 12.1 Å². The second-order valence-corrected chi connectivity index (χ2v) is 3.35. The number of esters is 1. The van der Waals surface area contributed by atoms with Crippen LogP contribution in [0.4, 0.5) is 19.3 Å². The Hall–Kier alpha value is -2.44. The van der Waals surface area contributed by atoms with Crippen molar-refractivity contribution in [2.24, 2.45) is 0 Å². The van der Waals surface area contributed by atoms with Crippen LogP contribution in [0, 0.1) is 11.6 Å². The Morgan fingerprint density at radius 3 is 2.53 bits per heavy atom. The van der Waals surface area contributed by atoms with Gasteiger partial charge in [0.1, 0.15) is 23.9 Å². The number of ether oxygens (including phenoxy) is 1. The lowest BCUT2D eigenvalue weighted by Crippen LogP contribution is -2.32. The Kier molecular flexibility index (Phi) is 5.46. The summed E-state index contributed by atoms with van der Waals surface area (Å²) in [5, 5.41) is 4.29. The molecule has 0 fully saturated rings. The third-order valence-corrected chi connectivity index (χ3v) is 2.00. The molecule has 0 heterocycles. The zero-order chi connectivity index (χ0) is 14.3. The molecular formula is C12H12F2N2O3. The highest BCUT2D eigenvalue weighted by Gasteiger charge is 2.11. The smallest absolute Gasteiger partial charge is 0.330 e. The van der Waals surface area contributed by atoms with Gasteiger partial charge >= 0.3 is 12.0 Å². The topological polar surface area (TPSA) is 67.4 Å². The van der Waals surface area contributed by atoms with Crippen LogP contribution in [-0.4, -0.2) is 25.2 Å². The normalized spacial score (nSPS) is 9.58. The van der Waals surface area contributed by atoms with Crippen molar-refractivity contribution in [3.05, 3.63) is 42.5 Å². The van der Waals surface area contributed by atoms with Gasteiger partial charge in [-0.2, -0.15) is 0 Å². The Morgan fingerprint density at radius 1 is 1.32 bits per heavy atom. The summed E-state index contributed by atoms with van der Waals surface area (Å²) in [5.41, 5.74) is -0.539. The van der Waals surface area contributed by atoms with E-state index in [4.69, 9.17) is 0 Å². The number of benzene rings is 1. The molecule has 102 valence electrons. The van der Waals surface area contributed by atoms with Crippen LogP contribution in [0.2, 0.25) is 0 Å². The second kappa shape index (κ2) is 7.10. The summed E-state index contributed by atoms with van der Waals surface area (Å²) in [7, 11) is 0. The van der Waals surface area contributed by atoms with Gasteiger partial charge < -0.3 is 15.4 Å². The molecule has 2 N–H and O–H groups in total. The average molecular weight is 270 g/mol. The maximum Gasteiger partial charge on any atom is 0.330 e. The van der Waals surface area contributed by atoms with Crippen LogP contribution in [0.1, 0.15) is 0 Å². The number of rotatable bonds is 5. The molecule has 0 atom stereocenters. The Bertz CT molecular complexity index is 472. The highest BCUT2D eigenvalue weighted by Crippen LogP contribution is 2.17. The molecule has 0 spiro atoms. The van der Waals surface area contributed by atoms with Gasteiger partial charge in [-0.15, -0.1) is 0 Å². The third-order valence-electron chi connectivity index (χ3n) is 2.00. The Balaban J connectivity index is 2.39. The van der Waals surface area contributed by atoms with E-state index in [1.165, 1.54) is 6.07 Å². The molecular weight excluding hydrogens is 258 g/mol. The van der Waals surface area contributed by atoms with E-state index in [2.05, 4.69) is 16.6 Å². The summed E-state index contributed by atoms with van der Waals surface area (Å²) in [6.07, 6.45) is 0.981. The quantitative estimate of drug-likeness (QED) is 0.487. The summed E-state index contributed by atoms with van der Waals surface area (Å²) in [6.45, 7) is 3.12. The van der Waals surface area contributed by atoms with E-state index in [-0.39, 0.29) is 13.2 Å². The largest absolute Gasteiger partial charge is 0.461 e. The first kappa shape index (κ1) is 14.6. The van der Waals surface area contributed by atoms with E-state index < -0.39 is 29.3 Å². The summed E-state index contributed by atoms with van der Waals surface area (Å²) in [4.78, 5) is 22.0. The third kappa shape index (κ3) is 4.74. The number of halogens is 2. The second-order valence-electron chi connectivity index (χ2n) is 3.35. The number of para-hydroxylation sites is 1. The number of amides is 2. The predicted molar refractivity (Wildman–Crippen MR) is 64.5 cm³/mol. The van der Waals surface area contributed by atoms with Crippen LogP contribution >= 0.6 is 0 Å². The lowest BCUT2D eigenvalue weighted by molar-refractivity contribution is -0.137. The van der Waals surface area contributed by atoms with Gasteiger partial charge in [-0.25, -0.2) is 18.4 Å². The Morgan fingerprint density at radius 2 is 1.95 bits per heavy atom. The van der Waals surface area contributed by atoms with Crippen molar-refractivity contribution < 1.29 is 23.1 Å². The highest BCUT2D eigenvalue weighted by atomic mass is 19.1. The fourth-order valence-electron chi connectivity index (χ4n) is 1.15. The van der Waals surface area contributed by atoms with Gasteiger partial charge in [0.15, 0.2) is 0 Å². The average Bonchev–Trinajstić information content (AvgIpc) is 2.39. The number of anilines is 1. The number of carbonyl (C=O) groups excluding carboxylic acids is 2. The van der Waals surface area contributed by atoms with Crippen LogP contribution < -0.4 is 10.6 Å². The van der Waals surface area contributed by atoms with Crippen LogP contribution in [0.5, 0.6) is 0 Å². The Labute approximate surface area is 108 Å². The molecule has 0 aliphatic rings. The molecule has 0 aromatic heterocycles. The van der Waals surface area contributed by atoms with E-state index >= 15 is 0 Å². The number of carbonyl (C=O) groups is 2. The van der Waals surface area contributed by atoms with E-state index in [9.17, 15) is 18.4 Å². The lowest BCUT2D eigenvalue weighted by atomic mass is 10.3. The standard InChI is InChI=1S/C12H12F2N2O3/c1-2-10(17)19-7-6-15-12(18)16-11-8(13)4-3-5-9(11)14/h2-5H,1,6-7H2,(H2,15,16,18). The number of hydrogen-bond donors (Lipinski definition) is 2. The zero-order valence-corrected chi connectivity index (χ0v) is 9.91. The molecule has 2 amide bonds. The van der Waals surface area contributed by atoms with Crippen molar-refractivity contribution in [3.63, 3.8) is 0 Å². The predicted octanol–water partition coefficient (Wildman–Crippen LogP) is 1.82. The summed E-state index contributed by atoms with van der Waals surface area (Å²) in [5.74, 6) is -2.39. The molecule has 0 aliphatic carbocycles. The summed E-state index contributed by atoms with van der Waals surface area (Å²) in [6, 6.07) is 2.41. The van der Waals surface area contributed by atoms with Crippen LogP contribution in [0.25, 0.3) is 0 Å². The summed E-state index contributed by atoms with van der Waals surface area (Å²) < 4.78 is 31.0. The SMILES string of the molecule is C=CC(=O)OCCNC(=O)Nc1c(F)cccc1F. The maximum absolute atomic E-state index is 13.2.